The summed E-state index contributed by atoms with van der Waals surface area (Å²) in [6, 6.07) is 5.40. The van der Waals surface area contributed by atoms with Gasteiger partial charge in [-0.1, -0.05) is 0 Å². The molecule has 0 aliphatic heterocycles. The molecule has 3 rings (SSSR count). The Labute approximate surface area is 98.3 Å². The van der Waals surface area contributed by atoms with Gasteiger partial charge in [0.1, 0.15) is 17.1 Å². The van der Waals surface area contributed by atoms with Crippen molar-refractivity contribution < 1.29 is 9.53 Å². The van der Waals surface area contributed by atoms with Crippen LogP contribution in [0.4, 0.5) is 0 Å². The minimum Gasteiger partial charge on any atom is -0.497 e. The molecule has 0 unspecified atom stereocenters. The van der Waals surface area contributed by atoms with Crippen molar-refractivity contribution in [2.75, 3.05) is 7.11 Å². The number of benzene rings is 1. The van der Waals surface area contributed by atoms with E-state index in [2.05, 4.69) is 9.97 Å². The van der Waals surface area contributed by atoms with Gasteiger partial charge in [-0.15, -0.1) is 0 Å². The summed E-state index contributed by atoms with van der Waals surface area (Å²) >= 11 is 0. The van der Waals surface area contributed by atoms with Crippen LogP contribution in [0.25, 0.3) is 11.3 Å². The number of rotatable bonds is 1. The number of carbonyl (C=O) groups is 1. The molecule has 1 aliphatic carbocycles. The van der Waals surface area contributed by atoms with E-state index in [1.165, 1.54) is 0 Å². The van der Waals surface area contributed by atoms with Crippen molar-refractivity contribution in [2.45, 2.75) is 6.92 Å². The number of ketones is 1. The van der Waals surface area contributed by atoms with Crippen molar-refractivity contribution in [2.24, 2.45) is 0 Å². The number of aromatic nitrogens is 2. The van der Waals surface area contributed by atoms with Crippen LogP contribution in [0.15, 0.2) is 24.4 Å². The van der Waals surface area contributed by atoms with Crippen molar-refractivity contribution in [3.63, 3.8) is 0 Å². The summed E-state index contributed by atoms with van der Waals surface area (Å²) < 4.78 is 5.12. The molecule has 0 radical (unpaired) electrons. The number of nitrogens with zero attached hydrogens (tertiary/aromatic N) is 2. The topological polar surface area (TPSA) is 52.1 Å². The monoisotopic (exact) mass is 226 g/mol. The third-order valence-electron chi connectivity index (χ3n) is 2.83. The maximum absolute atomic E-state index is 12.2. The van der Waals surface area contributed by atoms with Crippen LogP contribution in [-0.4, -0.2) is 22.9 Å². The van der Waals surface area contributed by atoms with Gasteiger partial charge in [0.25, 0.3) is 0 Å². The Balaban J connectivity index is 2.27. The lowest BCUT2D eigenvalue weighted by atomic mass is 10.1. The van der Waals surface area contributed by atoms with E-state index in [1.807, 2.05) is 19.1 Å². The number of carbonyl (C=O) groups excluding carboxylic acids is 1. The quantitative estimate of drug-likeness (QED) is 0.636. The molecule has 84 valence electrons. The number of aryl methyl sites for hydroxylation is 1. The zero-order valence-corrected chi connectivity index (χ0v) is 9.52. The van der Waals surface area contributed by atoms with E-state index >= 15 is 0 Å². The lowest BCUT2D eigenvalue weighted by molar-refractivity contribution is 0.103. The molecule has 1 aliphatic rings. The zero-order chi connectivity index (χ0) is 12.0. The van der Waals surface area contributed by atoms with E-state index < -0.39 is 0 Å². The van der Waals surface area contributed by atoms with Crippen molar-refractivity contribution >= 4 is 5.78 Å². The standard InChI is InChI=1S/C13H10N2O2/c1-7-6-14-11-9-4-3-8(17-2)5-10(9)13(16)12(11)15-7/h3-6H,1-2H3. The van der Waals surface area contributed by atoms with Crippen molar-refractivity contribution in [1.29, 1.82) is 0 Å². The normalized spacial score (nSPS) is 12.2. The molecule has 2 aromatic rings. The summed E-state index contributed by atoms with van der Waals surface area (Å²) in [6.45, 7) is 1.82. The summed E-state index contributed by atoms with van der Waals surface area (Å²) in [7, 11) is 1.58. The summed E-state index contributed by atoms with van der Waals surface area (Å²) in [5.41, 5.74) is 3.30. The van der Waals surface area contributed by atoms with Gasteiger partial charge >= 0.3 is 0 Å². The van der Waals surface area contributed by atoms with Crippen LogP contribution in [0.2, 0.25) is 0 Å². The molecule has 0 atom stereocenters. The molecule has 0 saturated heterocycles. The fourth-order valence-corrected chi connectivity index (χ4v) is 2.00. The Morgan fingerprint density at radius 3 is 2.76 bits per heavy atom. The van der Waals surface area contributed by atoms with E-state index in [1.54, 1.807) is 19.4 Å². The first-order valence-electron chi connectivity index (χ1n) is 5.27. The highest BCUT2D eigenvalue weighted by molar-refractivity contribution is 6.19. The van der Waals surface area contributed by atoms with E-state index in [0.717, 1.165) is 11.3 Å². The molecule has 0 N–H and O–H groups in total. The van der Waals surface area contributed by atoms with Gasteiger partial charge in [-0.2, -0.15) is 0 Å². The van der Waals surface area contributed by atoms with Gasteiger partial charge in [0.2, 0.25) is 5.78 Å². The average molecular weight is 226 g/mol. The van der Waals surface area contributed by atoms with Crippen LogP contribution >= 0.6 is 0 Å². The van der Waals surface area contributed by atoms with Crippen LogP contribution in [0.3, 0.4) is 0 Å². The van der Waals surface area contributed by atoms with Crippen LogP contribution in [0, 0.1) is 6.92 Å². The molecule has 17 heavy (non-hydrogen) atoms. The van der Waals surface area contributed by atoms with Crippen LogP contribution in [0.5, 0.6) is 5.75 Å². The first-order valence-corrected chi connectivity index (χ1v) is 5.27. The minimum absolute atomic E-state index is 0.0786. The van der Waals surface area contributed by atoms with Gasteiger partial charge in [0, 0.05) is 17.3 Å². The average Bonchev–Trinajstić information content (AvgIpc) is 2.62. The number of fused-ring (bicyclic) bond motifs is 3. The lowest BCUT2D eigenvalue weighted by Crippen LogP contribution is -2.00. The molecule has 0 spiro atoms. The third kappa shape index (κ3) is 1.34. The smallest absolute Gasteiger partial charge is 0.214 e. The predicted molar refractivity (Wildman–Crippen MR) is 62.2 cm³/mol. The highest BCUT2D eigenvalue weighted by Crippen LogP contribution is 2.35. The van der Waals surface area contributed by atoms with E-state index in [9.17, 15) is 4.79 Å². The maximum Gasteiger partial charge on any atom is 0.214 e. The van der Waals surface area contributed by atoms with Gasteiger partial charge in [0.15, 0.2) is 0 Å². The molecular weight excluding hydrogens is 216 g/mol. The Morgan fingerprint density at radius 1 is 1.18 bits per heavy atom. The van der Waals surface area contributed by atoms with E-state index in [0.29, 0.717) is 22.7 Å². The summed E-state index contributed by atoms with van der Waals surface area (Å²) in [4.78, 5) is 20.7. The molecule has 4 heteroatoms. The SMILES string of the molecule is COc1ccc2c(c1)C(=O)c1nc(C)cnc1-2. The largest absolute Gasteiger partial charge is 0.497 e. The second kappa shape index (κ2) is 3.38. The first-order chi connectivity index (χ1) is 8.20. The third-order valence-corrected chi connectivity index (χ3v) is 2.83. The van der Waals surface area contributed by atoms with Gasteiger partial charge in [-0.3, -0.25) is 9.78 Å². The summed E-state index contributed by atoms with van der Waals surface area (Å²) in [5, 5.41) is 0. The van der Waals surface area contributed by atoms with Crippen molar-refractivity contribution in [3.8, 4) is 17.0 Å². The van der Waals surface area contributed by atoms with Crippen molar-refractivity contribution in [1.82, 2.24) is 9.97 Å². The maximum atomic E-state index is 12.2. The number of ether oxygens (including phenoxy) is 1. The second-order valence-electron chi connectivity index (χ2n) is 3.95. The van der Waals surface area contributed by atoms with Crippen LogP contribution in [0.1, 0.15) is 21.7 Å². The number of methoxy groups -OCH3 is 1. The minimum atomic E-state index is -0.0786. The first kappa shape index (κ1) is 9.96. The Hall–Kier alpha value is -2.23. The van der Waals surface area contributed by atoms with E-state index in [-0.39, 0.29) is 5.78 Å². The zero-order valence-electron chi connectivity index (χ0n) is 9.52. The Morgan fingerprint density at radius 2 is 2.00 bits per heavy atom. The molecule has 0 fully saturated rings. The summed E-state index contributed by atoms with van der Waals surface area (Å²) in [6.07, 6.45) is 1.67. The molecule has 0 amide bonds. The highest BCUT2D eigenvalue weighted by Gasteiger charge is 2.29. The van der Waals surface area contributed by atoms with Gasteiger partial charge in [-0.25, -0.2) is 4.98 Å². The van der Waals surface area contributed by atoms with Crippen LogP contribution in [-0.2, 0) is 0 Å². The van der Waals surface area contributed by atoms with Gasteiger partial charge in [0.05, 0.1) is 12.8 Å². The predicted octanol–water partition coefficient (Wildman–Crippen LogP) is 2.01. The fourth-order valence-electron chi connectivity index (χ4n) is 2.00. The lowest BCUT2D eigenvalue weighted by Gasteiger charge is -2.01. The molecule has 4 nitrogen and oxygen atoms in total. The molecule has 0 bridgehead atoms. The number of hydrogen-bond donors (Lipinski definition) is 0. The van der Waals surface area contributed by atoms with E-state index in [4.69, 9.17) is 4.74 Å². The molecule has 1 aromatic carbocycles. The molecule has 1 aromatic heterocycles. The van der Waals surface area contributed by atoms with Crippen LogP contribution < -0.4 is 4.74 Å². The van der Waals surface area contributed by atoms with Crippen molar-refractivity contribution in [3.05, 3.63) is 41.3 Å². The molecular formula is C13H10N2O2. The summed E-state index contributed by atoms with van der Waals surface area (Å²) in [5.74, 6) is 0.590. The fraction of sp³-hybridized carbons (Fsp3) is 0.154. The molecule has 1 heterocycles. The second-order valence-corrected chi connectivity index (χ2v) is 3.95. The molecule has 0 saturated carbocycles. The van der Waals surface area contributed by atoms with Gasteiger partial charge < -0.3 is 4.74 Å². The Bertz CT molecular complexity index is 635. The Kier molecular flexibility index (Phi) is 1.98. The number of hydrogen-bond acceptors (Lipinski definition) is 4. The highest BCUT2D eigenvalue weighted by atomic mass is 16.5. The van der Waals surface area contributed by atoms with Gasteiger partial charge in [-0.05, 0) is 25.1 Å².